The number of rotatable bonds is 9. The monoisotopic (exact) mass is 508 g/mol. The molecule has 36 heavy (non-hydrogen) atoms. The molecule has 0 aliphatic carbocycles. The summed E-state index contributed by atoms with van der Waals surface area (Å²) in [4.78, 5) is 36.9. The summed E-state index contributed by atoms with van der Waals surface area (Å²) in [5.74, 6) is 0.528. The van der Waals surface area contributed by atoms with E-state index in [0.717, 1.165) is 17.0 Å². The summed E-state index contributed by atoms with van der Waals surface area (Å²) in [5.41, 5.74) is 3.31. The molecule has 0 saturated carbocycles. The Labute approximate surface area is 214 Å². The predicted octanol–water partition coefficient (Wildman–Crippen LogP) is 3.94. The Kier molecular flexibility index (Phi) is 7.94. The van der Waals surface area contributed by atoms with Gasteiger partial charge in [0, 0.05) is 18.0 Å². The second kappa shape index (κ2) is 11.3. The van der Waals surface area contributed by atoms with Gasteiger partial charge in [-0.05, 0) is 41.7 Å². The van der Waals surface area contributed by atoms with Crippen molar-refractivity contribution >= 4 is 28.8 Å². The third-order valence-corrected chi connectivity index (χ3v) is 6.74. The number of aliphatic imine (C=N–C) groups is 1. The van der Waals surface area contributed by atoms with E-state index in [1.807, 2.05) is 47.6 Å². The number of fused-ring (bicyclic) bond motifs is 1. The van der Waals surface area contributed by atoms with Gasteiger partial charge in [0.25, 0.3) is 0 Å². The topological polar surface area (TPSA) is 102 Å². The lowest BCUT2D eigenvalue weighted by atomic mass is 9.92. The fourth-order valence-electron chi connectivity index (χ4n) is 4.13. The fraction of sp³-hybridized carbons (Fsp3) is 0.308. The minimum absolute atomic E-state index is 0.104. The fourth-order valence-corrected chi connectivity index (χ4v) is 5.07. The normalized spacial score (nSPS) is 16.7. The highest BCUT2D eigenvalue weighted by Crippen LogP contribution is 2.46. The maximum absolute atomic E-state index is 13.1. The van der Waals surface area contributed by atoms with Crippen LogP contribution in [0.3, 0.4) is 0 Å². The lowest BCUT2D eigenvalue weighted by molar-refractivity contribution is -0.136. The zero-order valence-electron chi connectivity index (χ0n) is 20.6. The van der Waals surface area contributed by atoms with Gasteiger partial charge >= 0.3 is 5.97 Å². The lowest BCUT2D eigenvalue weighted by Gasteiger charge is -2.36. The van der Waals surface area contributed by atoms with Crippen molar-refractivity contribution < 1.29 is 23.8 Å². The van der Waals surface area contributed by atoms with Gasteiger partial charge in [0.05, 0.1) is 57.3 Å². The van der Waals surface area contributed by atoms with Crippen LogP contribution < -0.4 is 14.8 Å². The highest BCUT2D eigenvalue weighted by Gasteiger charge is 2.41. The van der Waals surface area contributed by atoms with Gasteiger partial charge in [0.2, 0.25) is 5.91 Å². The number of allylic oxidation sites excluding steroid dienone is 1. The molecule has 1 aromatic heterocycles. The van der Waals surface area contributed by atoms with Gasteiger partial charge in [-0.25, -0.2) is 9.79 Å². The van der Waals surface area contributed by atoms with Crippen LogP contribution in [0.4, 0.5) is 0 Å². The van der Waals surface area contributed by atoms with Gasteiger partial charge in [-0.15, -0.1) is 0 Å². The van der Waals surface area contributed by atoms with E-state index < -0.39 is 12.0 Å². The number of carbonyl (C=O) groups excluding carboxylic acids is 2. The number of nitrogens with zero attached hydrogens (tertiary/aromatic N) is 3. The van der Waals surface area contributed by atoms with Crippen LogP contribution in [0.5, 0.6) is 11.5 Å². The second-order valence-corrected chi connectivity index (χ2v) is 8.86. The van der Waals surface area contributed by atoms with E-state index in [4.69, 9.17) is 19.2 Å². The number of hydrogen-bond donors (Lipinski definition) is 1. The maximum atomic E-state index is 13.1. The predicted molar refractivity (Wildman–Crippen MR) is 137 cm³/mol. The number of aromatic nitrogens is 1. The average molecular weight is 509 g/mol. The summed E-state index contributed by atoms with van der Waals surface area (Å²) in [5, 5.41) is 5.51. The Bertz CT molecular complexity index is 1220. The van der Waals surface area contributed by atoms with E-state index >= 15 is 0 Å². The second-order valence-electron chi connectivity index (χ2n) is 8.02. The zero-order valence-corrected chi connectivity index (χ0v) is 21.4. The maximum Gasteiger partial charge on any atom is 0.338 e. The summed E-state index contributed by atoms with van der Waals surface area (Å²) in [6, 6.07) is 10.5. The number of amides is 1. The molecule has 2 aromatic rings. The summed E-state index contributed by atoms with van der Waals surface area (Å²) < 4.78 is 16.1. The van der Waals surface area contributed by atoms with Gasteiger partial charge in [-0.3, -0.25) is 9.78 Å². The first-order valence-corrected chi connectivity index (χ1v) is 12.3. The van der Waals surface area contributed by atoms with Crippen molar-refractivity contribution in [3.05, 3.63) is 76.2 Å². The number of hydrogen-bond acceptors (Lipinski definition) is 9. The molecule has 1 amide bonds. The molecular formula is C26H28N4O5S. The Hall–Kier alpha value is -3.79. The molecule has 4 rings (SSSR count). The smallest absolute Gasteiger partial charge is 0.338 e. The highest BCUT2D eigenvalue weighted by atomic mass is 32.2. The van der Waals surface area contributed by atoms with Crippen molar-refractivity contribution in [2.75, 3.05) is 21.3 Å². The van der Waals surface area contributed by atoms with Crippen molar-refractivity contribution in [3.8, 4) is 11.5 Å². The molecule has 0 saturated heterocycles. The van der Waals surface area contributed by atoms with Crippen molar-refractivity contribution in [2.45, 2.75) is 32.4 Å². The van der Waals surface area contributed by atoms with Crippen molar-refractivity contribution in [3.63, 3.8) is 0 Å². The molecule has 0 bridgehead atoms. The Balaban J connectivity index is 1.69. The van der Waals surface area contributed by atoms with Crippen LogP contribution in [0.25, 0.3) is 0 Å². The highest BCUT2D eigenvalue weighted by molar-refractivity contribution is 8.16. The van der Waals surface area contributed by atoms with Crippen molar-refractivity contribution in [1.82, 2.24) is 15.2 Å². The third kappa shape index (κ3) is 5.23. The molecule has 2 aliphatic rings. The Morgan fingerprint density at radius 2 is 1.86 bits per heavy atom. The number of carbonyl (C=O) groups is 2. The molecule has 10 heteroatoms. The summed E-state index contributed by atoms with van der Waals surface area (Å²) >= 11 is 1.42. The summed E-state index contributed by atoms with van der Waals surface area (Å²) in [7, 11) is 4.50. The number of amidine groups is 1. The Morgan fingerprint density at radius 3 is 2.47 bits per heavy atom. The lowest BCUT2D eigenvalue weighted by Crippen LogP contribution is -2.38. The van der Waals surface area contributed by atoms with E-state index in [2.05, 4.69) is 10.3 Å². The van der Waals surface area contributed by atoms with Crippen LogP contribution in [0, 0.1) is 0 Å². The van der Waals surface area contributed by atoms with Crippen LogP contribution in [0.15, 0.2) is 70.0 Å². The summed E-state index contributed by atoms with van der Waals surface area (Å²) in [6.07, 6.45) is 2.33. The first kappa shape index (κ1) is 25.3. The van der Waals surface area contributed by atoms with Crippen LogP contribution in [0.1, 0.15) is 37.1 Å². The van der Waals surface area contributed by atoms with Gasteiger partial charge in [0.15, 0.2) is 5.17 Å². The number of benzene rings is 1. The van der Waals surface area contributed by atoms with Gasteiger partial charge in [-0.1, -0.05) is 24.8 Å². The van der Waals surface area contributed by atoms with Crippen LogP contribution in [0.2, 0.25) is 0 Å². The number of thioether (sulfide) groups is 1. The first-order valence-electron chi connectivity index (χ1n) is 11.4. The number of methoxy groups -OCH3 is 3. The van der Waals surface area contributed by atoms with Crippen LogP contribution in [-0.4, -0.2) is 48.3 Å². The van der Waals surface area contributed by atoms with E-state index in [-0.39, 0.29) is 12.3 Å². The average Bonchev–Trinajstić information content (AvgIpc) is 3.32. The zero-order chi connectivity index (χ0) is 25.7. The molecule has 0 spiro atoms. The van der Waals surface area contributed by atoms with Gasteiger partial charge < -0.3 is 24.4 Å². The number of ether oxygens (including phenoxy) is 3. The minimum atomic E-state index is -0.575. The number of nitrogens with one attached hydrogen (secondary N) is 1. The molecule has 188 valence electrons. The van der Waals surface area contributed by atoms with Gasteiger partial charge in [0.1, 0.15) is 11.5 Å². The third-order valence-electron chi connectivity index (χ3n) is 5.85. The standard InChI is InChI=1S/C26H28N4O5S/c1-5-21-23(25(32)35-4)24(16-10-19(33-2)13-20(11-16)34-3)30-18(15-36-26(30)29-21)12-22(31)28-14-17-8-6-7-9-27-17/h6-11,13,15,24H,5,12,14H2,1-4H3,(H,28,31)/t24-/m1/s1. The molecule has 1 N–H and O–H groups in total. The molecule has 1 atom stereocenters. The van der Waals surface area contributed by atoms with E-state index in [0.29, 0.717) is 40.9 Å². The largest absolute Gasteiger partial charge is 0.497 e. The molecular weight excluding hydrogens is 480 g/mol. The molecule has 0 unspecified atom stereocenters. The van der Waals surface area contributed by atoms with Crippen molar-refractivity contribution in [2.24, 2.45) is 4.99 Å². The van der Waals surface area contributed by atoms with Gasteiger partial charge in [-0.2, -0.15) is 0 Å². The van der Waals surface area contributed by atoms with E-state index in [9.17, 15) is 9.59 Å². The molecule has 1 aromatic carbocycles. The molecule has 0 fully saturated rings. The summed E-state index contributed by atoms with van der Waals surface area (Å²) in [6.45, 7) is 2.27. The van der Waals surface area contributed by atoms with Crippen LogP contribution >= 0.6 is 11.8 Å². The van der Waals surface area contributed by atoms with Crippen molar-refractivity contribution in [1.29, 1.82) is 0 Å². The molecule has 0 radical (unpaired) electrons. The molecule has 2 aliphatic heterocycles. The van der Waals surface area contributed by atoms with E-state index in [1.54, 1.807) is 26.5 Å². The minimum Gasteiger partial charge on any atom is -0.497 e. The Morgan fingerprint density at radius 1 is 1.11 bits per heavy atom. The van der Waals surface area contributed by atoms with E-state index in [1.165, 1.54) is 18.9 Å². The molecule has 3 heterocycles. The number of pyridine rings is 1. The first-order chi connectivity index (χ1) is 17.5. The quantitative estimate of drug-likeness (QED) is 0.508. The SMILES string of the molecule is CCC1=C(C(=O)OC)[C@@H](c2cc(OC)cc(OC)c2)N2C(CC(=O)NCc3ccccn3)=CSC2=N1. The molecule has 9 nitrogen and oxygen atoms in total. The van der Waals surface area contributed by atoms with Crippen LogP contribution in [-0.2, 0) is 20.9 Å². The number of esters is 1.